The molecule has 0 bridgehead atoms. The number of nitrogens with one attached hydrogen (secondary N) is 1. The second-order valence-electron chi connectivity index (χ2n) is 4.99. The van der Waals surface area contributed by atoms with Crippen LogP contribution < -0.4 is 5.32 Å². The number of benzene rings is 1. The molecule has 1 saturated heterocycles. The van der Waals surface area contributed by atoms with E-state index in [1.54, 1.807) is 6.33 Å². The molecule has 3 rings (SSSR count). The lowest BCUT2D eigenvalue weighted by atomic mass is 10.00. The zero-order chi connectivity index (χ0) is 13.1. The van der Waals surface area contributed by atoms with Gasteiger partial charge in [-0.2, -0.15) is 0 Å². The number of fused-ring (bicyclic) bond motifs is 1. The molecular formula is C15H19N3O. The second kappa shape index (κ2) is 5.53. The summed E-state index contributed by atoms with van der Waals surface area (Å²) in [5, 5.41) is 4.54. The van der Waals surface area contributed by atoms with Gasteiger partial charge >= 0.3 is 0 Å². The van der Waals surface area contributed by atoms with Crippen molar-refractivity contribution in [1.29, 1.82) is 0 Å². The fourth-order valence-corrected chi connectivity index (χ4v) is 2.75. The van der Waals surface area contributed by atoms with Gasteiger partial charge in [0.2, 0.25) is 0 Å². The van der Waals surface area contributed by atoms with E-state index in [1.807, 2.05) is 18.2 Å². The first kappa shape index (κ1) is 12.4. The van der Waals surface area contributed by atoms with Gasteiger partial charge in [0.25, 0.3) is 0 Å². The molecule has 2 aromatic rings. The lowest BCUT2D eigenvalue weighted by Gasteiger charge is -2.18. The highest BCUT2D eigenvalue weighted by molar-refractivity contribution is 5.88. The van der Waals surface area contributed by atoms with E-state index in [0.717, 1.165) is 42.7 Å². The zero-order valence-electron chi connectivity index (χ0n) is 11.2. The van der Waals surface area contributed by atoms with Crippen molar-refractivity contribution in [2.24, 2.45) is 5.92 Å². The largest absolute Gasteiger partial charge is 0.378 e. The van der Waals surface area contributed by atoms with Gasteiger partial charge in [-0.25, -0.2) is 9.97 Å². The molecule has 1 fully saturated rings. The minimum Gasteiger partial charge on any atom is -0.378 e. The average molecular weight is 257 g/mol. The molecule has 1 aromatic heterocycles. The first-order chi connectivity index (χ1) is 9.38. The van der Waals surface area contributed by atoms with E-state index in [-0.39, 0.29) is 0 Å². The molecule has 0 amide bonds. The summed E-state index contributed by atoms with van der Waals surface area (Å²) in [6.07, 6.45) is 4.22. The Morgan fingerprint density at radius 2 is 2.21 bits per heavy atom. The third-order valence-corrected chi connectivity index (χ3v) is 3.82. The Hall–Kier alpha value is -1.68. The molecule has 100 valence electrons. The lowest BCUT2D eigenvalue weighted by molar-refractivity contribution is 0.0900. The highest BCUT2D eigenvalue weighted by Crippen LogP contribution is 2.25. The normalized spacial score (nSPS) is 22.8. The van der Waals surface area contributed by atoms with Gasteiger partial charge in [-0.15, -0.1) is 0 Å². The van der Waals surface area contributed by atoms with E-state index in [4.69, 9.17) is 4.74 Å². The Labute approximate surface area is 113 Å². The van der Waals surface area contributed by atoms with E-state index in [9.17, 15) is 0 Å². The monoisotopic (exact) mass is 257 g/mol. The zero-order valence-corrected chi connectivity index (χ0v) is 11.2. The first-order valence-corrected chi connectivity index (χ1v) is 6.93. The van der Waals surface area contributed by atoms with Crippen LogP contribution in [0.5, 0.6) is 0 Å². The van der Waals surface area contributed by atoms with Crippen molar-refractivity contribution in [2.45, 2.75) is 25.9 Å². The van der Waals surface area contributed by atoms with Crippen LogP contribution in [-0.2, 0) is 4.74 Å². The van der Waals surface area contributed by atoms with Crippen molar-refractivity contribution in [3.05, 3.63) is 30.6 Å². The van der Waals surface area contributed by atoms with Gasteiger partial charge in [-0.1, -0.05) is 19.1 Å². The quantitative estimate of drug-likeness (QED) is 0.915. The molecule has 1 aliphatic rings. The van der Waals surface area contributed by atoms with Crippen LogP contribution in [0.15, 0.2) is 30.6 Å². The highest BCUT2D eigenvalue weighted by atomic mass is 16.5. The minimum atomic E-state index is 0.389. The van der Waals surface area contributed by atoms with Crippen molar-refractivity contribution in [3.8, 4) is 0 Å². The molecule has 2 atom stereocenters. The molecule has 2 heterocycles. The SMILES string of the molecule is CCC1OCCC1CNc1ncnc2ccccc12. The average Bonchev–Trinajstić information content (AvgIpc) is 2.92. The van der Waals surface area contributed by atoms with Crippen molar-refractivity contribution >= 4 is 16.7 Å². The summed E-state index contributed by atoms with van der Waals surface area (Å²) in [7, 11) is 0. The molecule has 4 nitrogen and oxygen atoms in total. The number of nitrogens with zero attached hydrogens (tertiary/aromatic N) is 2. The summed E-state index contributed by atoms with van der Waals surface area (Å²) < 4.78 is 5.72. The van der Waals surface area contributed by atoms with Gasteiger partial charge in [-0.3, -0.25) is 0 Å². The Kier molecular flexibility index (Phi) is 3.60. The third kappa shape index (κ3) is 2.54. The fourth-order valence-electron chi connectivity index (χ4n) is 2.75. The van der Waals surface area contributed by atoms with Crippen molar-refractivity contribution < 1.29 is 4.74 Å². The van der Waals surface area contributed by atoms with Gasteiger partial charge < -0.3 is 10.1 Å². The Bertz CT molecular complexity index is 553. The number of hydrogen-bond donors (Lipinski definition) is 1. The maximum atomic E-state index is 5.72. The van der Waals surface area contributed by atoms with Crippen molar-refractivity contribution in [2.75, 3.05) is 18.5 Å². The van der Waals surface area contributed by atoms with Crippen LogP contribution in [-0.4, -0.2) is 29.2 Å². The van der Waals surface area contributed by atoms with Crippen molar-refractivity contribution in [3.63, 3.8) is 0 Å². The number of aromatic nitrogens is 2. The molecule has 0 radical (unpaired) electrons. The van der Waals surface area contributed by atoms with Crippen LogP contribution >= 0.6 is 0 Å². The van der Waals surface area contributed by atoms with E-state index < -0.39 is 0 Å². The molecule has 0 aliphatic carbocycles. The molecule has 1 aromatic carbocycles. The molecule has 1 N–H and O–H groups in total. The van der Waals surface area contributed by atoms with E-state index in [1.165, 1.54) is 0 Å². The summed E-state index contributed by atoms with van der Waals surface area (Å²) >= 11 is 0. The standard InChI is InChI=1S/C15H19N3O/c1-2-14-11(7-8-19-14)9-16-15-12-5-3-4-6-13(12)17-10-18-15/h3-6,10-11,14H,2,7-9H2,1H3,(H,16,17,18). The predicted octanol–water partition coefficient (Wildman–Crippen LogP) is 2.86. The molecule has 2 unspecified atom stereocenters. The number of ether oxygens (including phenoxy) is 1. The maximum Gasteiger partial charge on any atom is 0.137 e. The van der Waals surface area contributed by atoms with E-state index in [0.29, 0.717) is 12.0 Å². The summed E-state index contributed by atoms with van der Waals surface area (Å²) in [6.45, 7) is 3.98. The van der Waals surface area contributed by atoms with Gasteiger partial charge in [0.15, 0.2) is 0 Å². The minimum absolute atomic E-state index is 0.389. The molecule has 0 saturated carbocycles. The highest BCUT2D eigenvalue weighted by Gasteiger charge is 2.26. The van der Waals surface area contributed by atoms with Crippen LogP contribution in [0, 0.1) is 5.92 Å². The number of anilines is 1. The lowest BCUT2D eigenvalue weighted by Crippen LogP contribution is -2.23. The van der Waals surface area contributed by atoms with Gasteiger partial charge in [-0.05, 0) is 25.0 Å². The van der Waals surface area contributed by atoms with Crippen LogP contribution in [0.4, 0.5) is 5.82 Å². The van der Waals surface area contributed by atoms with Crippen LogP contribution in [0.1, 0.15) is 19.8 Å². The number of para-hydroxylation sites is 1. The van der Waals surface area contributed by atoms with E-state index >= 15 is 0 Å². The first-order valence-electron chi connectivity index (χ1n) is 6.93. The van der Waals surface area contributed by atoms with Gasteiger partial charge in [0.1, 0.15) is 12.1 Å². The number of rotatable bonds is 4. The second-order valence-corrected chi connectivity index (χ2v) is 4.99. The molecule has 4 heteroatoms. The van der Waals surface area contributed by atoms with Crippen LogP contribution in [0.3, 0.4) is 0 Å². The molecule has 19 heavy (non-hydrogen) atoms. The van der Waals surface area contributed by atoms with Crippen molar-refractivity contribution in [1.82, 2.24) is 9.97 Å². The smallest absolute Gasteiger partial charge is 0.137 e. The van der Waals surface area contributed by atoms with E-state index in [2.05, 4.69) is 28.3 Å². The summed E-state index contributed by atoms with van der Waals surface area (Å²) in [5.74, 6) is 1.51. The maximum absolute atomic E-state index is 5.72. The van der Waals surface area contributed by atoms with Crippen LogP contribution in [0.25, 0.3) is 10.9 Å². The predicted molar refractivity (Wildman–Crippen MR) is 76.2 cm³/mol. The summed E-state index contributed by atoms with van der Waals surface area (Å²) in [4.78, 5) is 8.63. The number of hydrogen-bond acceptors (Lipinski definition) is 4. The molecular weight excluding hydrogens is 238 g/mol. The summed E-state index contributed by atoms with van der Waals surface area (Å²) in [5.41, 5.74) is 0.981. The van der Waals surface area contributed by atoms with Crippen LogP contribution in [0.2, 0.25) is 0 Å². The van der Waals surface area contributed by atoms with Gasteiger partial charge in [0, 0.05) is 24.5 Å². The molecule has 0 spiro atoms. The third-order valence-electron chi connectivity index (χ3n) is 3.82. The Balaban J connectivity index is 1.75. The summed E-state index contributed by atoms with van der Waals surface area (Å²) in [6, 6.07) is 8.08. The topological polar surface area (TPSA) is 47.0 Å². The molecule has 1 aliphatic heterocycles. The van der Waals surface area contributed by atoms with Gasteiger partial charge in [0.05, 0.1) is 11.6 Å². The Morgan fingerprint density at radius 1 is 1.32 bits per heavy atom. The Morgan fingerprint density at radius 3 is 3.11 bits per heavy atom. The fraction of sp³-hybridized carbons (Fsp3) is 0.467.